The minimum atomic E-state index is -4.02. The van der Waals surface area contributed by atoms with Gasteiger partial charge in [-0.2, -0.15) is 4.31 Å². The van der Waals surface area contributed by atoms with Gasteiger partial charge in [-0.05, 0) is 49.1 Å². The minimum absolute atomic E-state index is 0.0537. The predicted octanol–water partition coefficient (Wildman–Crippen LogP) is 6.20. The molecule has 196 valence electrons. The van der Waals surface area contributed by atoms with E-state index in [1.54, 1.807) is 7.05 Å². The molecule has 1 saturated carbocycles. The van der Waals surface area contributed by atoms with E-state index < -0.39 is 27.6 Å². The first kappa shape index (κ1) is 25.8. The first-order chi connectivity index (χ1) is 17.7. The molecule has 1 aliphatic carbocycles. The van der Waals surface area contributed by atoms with E-state index in [1.165, 1.54) is 16.4 Å². The fraction of sp³-hybridized carbons (Fsp3) is 0.370. The van der Waals surface area contributed by atoms with Crippen LogP contribution < -0.4 is 4.90 Å². The smallest absolute Gasteiger partial charge is 0.351 e. The molecule has 5 rings (SSSR count). The van der Waals surface area contributed by atoms with Crippen LogP contribution in [0.1, 0.15) is 41.8 Å². The lowest BCUT2D eigenvalue weighted by Crippen LogP contribution is -2.46. The number of ether oxygens (including phenoxy) is 1. The van der Waals surface area contributed by atoms with Gasteiger partial charge in [0.25, 0.3) is 0 Å². The number of esters is 1. The lowest BCUT2D eigenvalue weighted by molar-refractivity contribution is 0.0601. The molecule has 3 aromatic rings. The number of halogens is 2. The second-order valence-corrected chi connectivity index (χ2v) is 12.5. The van der Waals surface area contributed by atoms with Crippen LogP contribution in [0.2, 0.25) is 0 Å². The molecule has 2 heterocycles. The molecule has 0 saturated heterocycles. The van der Waals surface area contributed by atoms with Crippen molar-refractivity contribution in [2.45, 2.75) is 43.0 Å². The van der Waals surface area contributed by atoms with Crippen LogP contribution in [0.5, 0.6) is 0 Å². The minimum Gasteiger partial charge on any atom is -0.465 e. The highest BCUT2D eigenvalue weighted by Crippen LogP contribution is 2.44. The van der Waals surface area contributed by atoms with Crippen molar-refractivity contribution in [2.75, 3.05) is 25.6 Å². The quantitative estimate of drug-likeness (QED) is 0.365. The zero-order valence-corrected chi connectivity index (χ0v) is 22.2. The molecular weight excluding hydrogens is 518 g/mol. The van der Waals surface area contributed by atoms with Crippen molar-refractivity contribution in [1.29, 1.82) is 0 Å². The van der Waals surface area contributed by atoms with Gasteiger partial charge in [0, 0.05) is 35.8 Å². The van der Waals surface area contributed by atoms with Crippen molar-refractivity contribution in [2.24, 2.45) is 5.92 Å². The fourth-order valence-corrected chi connectivity index (χ4v) is 8.01. The molecule has 37 heavy (non-hydrogen) atoms. The van der Waals surface area contributed by atoms with Crippen LogP contribution in [0.25, 0.3) is 10.4 Å². The molecule has 1 atom stereocenters. The van der Waals surface area contributed by atoms with Crippen LogP contribution in [0.3, 0.4) is 0 Å². The number of hydrogen-bond donors (Lipinski definition) is 0. The zero-order chi connectivity index (χ0) is 26.3. The van der Waals surface area contributed by atoms with Gasteiger partial charge in [-0.25, -0.2) is 22.0 Å². The first-order valence-electron chi connectivity index (χ1n) is 12.2. The monoisotopic (exact) mass is 546 g/mol. The molecule has 0 bridgehead atoms. The Hall–Kier alpha value is -2.82. The molecule has 2 aliphatic rings. The van der Waals surface area contributed by atoms with Crippen LogP contribution in [-0.4, -0.2) is 45.4 Å². The predicted molar refractivity (Wildman–Crippen MR) is 140 cm³/mol. The molecule has 1 fully saturated rings. The number of carbonyl (C=O) groups is 1. The van der Waals surface area contributed by atoms with Gasteiger partial charge in [0.15, 0.2) is 0 Å². The number of carbonyl (C=O) groups excluding carboxylic acids is 1. The Morgan fingerprint density at radius 3 is 2.41 bits per heavy atom. The number of methoxy groups -OCH3 is 1. The van der Waals surface area contributed by atoms with Crippen molar-refractivity contribution in [1.82, 2.24) is 4.31 Å². The Kier molecular flexibility index (Phi) is 7.08. The molecule has 0 spiro atoms. The molecule has 10 heteroatoms. The van der Waals surface area contributed by atoms with Crippen molar-refractivity contribution >= 4 is 38.7 Å². The van der Waals surface area contributed by atoms with Crippen LogP contribution in [0.15, 0.2) is 53.4 Å². The summed E-state index contributed by atoms with van der Waals surface area (Å²) in [6.45, 7) is 0.385. The van der Waals surface area contributed by atoms with E-state index in [9.17, 15) is 17.6 Å². The van der Waals surface area contributed by atoms with Gasteiger partial charge in [0.05, 0.1) is 12.8 Å². The molecule has 2 aromatic carbocycles. The second kappa shape index (κ2) is 10.2. The van der Waals surface area contributed by atoms with Gasteiger partial charge in [-0.15, -0.1) is 11.3 Å². The average molecular weight is 547 g/mol. The summed E-state index contributed by atoms with van der Waals surface area (Å²) in [5, 5.41) is 0. The summed E-state index contributed by atoms with van der Waals surface area (Å²) in [5.41, 5.74) is 0.916. The van der Waals surface area contributed by atoms with Gasteiger partial charge < -0.3 is 9.64 Å². The molecule has 1 aliphatic heterocycles. The number of fused-ring (bicyclic) bond motifs is 1. The lowest BCUT2D eigenvalue weighted by Gasteiger charge is -2.36. The Bertz CT molecular complexity index is 1420. The lowest BCUT2D eigenvalue weighted by atomic mass is 9.83. The van der Waals surface area contributed by atoms with Crippen molar-refractivity contribution in [3.63, 3.8) is 0 Å². The SMILES string of the molecule is COC(=O)c1sc(-c2cc3c(cc2F)N(c2ccccc2)C[C@@H](C2CCCCC2)N(C)S3(=O)=O)cc1F. The molecule has 0 N–H and O–H groups in total. The fourth-order valence-electron chi connectivity index (χ4n) is 5.43. The largest absolute Gasteiger partial charge is 0.465 e. The van der Waals surface area contributed by atoms with Gasteiger partial charge in [0.1, 0.15) is 21.4 Å². The van der Waals surface area contributed by atoms with Crippen LogP contribution in [0.4, 0.5) is 20.2 Å². The van der Waals surface area contributed by atoms with Crippen molar-refractivity contribution < 1.29 is 26.7 Å². The Morgan fingerprint density at radius 1 is 1.03 bits per heavy atom. The van der Waals surface area contributed by atoms with E-state index in [-0.39, 0.29) is 37.9 Å². The third kappa shape index (κ3) is 4.66. The number of nitrogens with zero attached hydrogens (tertiary/aromatic N) is 2. The van der Waals surface area contributed by atoms with E-state index in [0.29, 0.717) is 6.54 Å². The second-order valence-electron chi connectivity index (χ2n) is 9.51. The first-order valence-corrected chi connectivity index (χ1v) is 14.5. The summed E-state index contributed by atoms with van der Waals surface area (Å²) in [4.78, 5) is 13.5. The van der Waals surface area contributed by atoms with E-state index in [1.807, 2.05) is 35.2 Å². The van der Waals surface area contributed by atoms with E-state index in [4.69, 9.17) is 0 Å². The number of hydrogen-bond acceptors (Lipinski definition) is 6. The number of benzene rings is 2. The Balaban J connectivity index is 1.69. The number of sulfonamides is 1. The topological polar surface area (TPSA) is 66.9 Å². The highest BCUT2D eigenvalue weighted by Gasteiger charge is 2.41. The van der Waals surface area contributed by atoms with Crippen molar-refractivity contribution in [3.05, 3.63) is 65.0 Å². The van der Waals surface area contributed by atoms with Crippen LogP contribution in [0, 0.1) is 17.6 Å². The van der Waals surface area contributed by atoms with E-state index >= 15 is 4.39 Å². The zero-order valence-electron chi connectivity index (χ0n) is 20.6. The summed E-state index contributed by atoms with van der Waals surface area (Å²) >= 11 is 0.725. The standard InChI is InChI=1S/C27H28F2N2O4S2/c1-30-23(17-9-5-3-6-10-17)16-31(18-11-7-4-8-12-18)22-14-20(28)19(13-25(22)37(30,33)34)24-15-21(29)26(36-24)27(32)35-2/h4,7-8,11-15,17,23H,3,5-6,9-10,16H2,1-2H3/t23-/m0/s1. The molecule has 6 nitrogen and oxygen atoms in total. The maximum Gasteiger partial charge on any atom is 0.351 e. The van der Waals surface area contributed by atoms with Crippen LogP contribution in [-0.2, 0) is 14.8 Å². The Morgan fingerprint density at radius 2 is 1.73 bits per heavy atom. The third-order valence-corrected chi connectivity index (χ3v) is 10.5. The van der Waals surface area contributed by atoms with Gasteiger partial charge >= 0.3 is 5.97 Å². The Labute approximate surface area is 219 Å². The van der Waals surface area contributed by atoms with E-state index in [2.05, 4.69) is 4.74 Å². The summed E-state index contributed by atoms with van der Waals surface area (Å²) < 4.78 is 64.2. The summed E-state index contributed by atoms with van der Waals surface area (Å²) in [7, 11) is -1.30. The molecule has 1 aromatic heterocycles. The maximum absolute atomic E-state index is 15.6. The van der Waals surface area contributed by atoms with Crippen LogP contribution >= 0.6 is 11.3 Å². The molecular formula is C27H28F2N2O4S2. The summed E-state index contributed by atoms with van der Waals surface area (Å²) in [6.07, 6.45) is 5.13. The van der Waals surface area contributed by atoms with Crippen molar-refractivity contribution in [3.8, 4) is 10.4 Å². The van der Waals surface area contributed by atoms with E-state index in [0.717, 1.165) is 62.3 Å². The number of para-hydroxylation sites is 1. The highest BCUT2D eigenvalue weighted by atomic mass is 32.2. The number of rotatable bonds is 4. The molecule has 0 amide bonds. The van der Waals surface area contributed by atoms with Gasteiger partial charge in [-0.3, -0.25) is 0 Å². The van der Waals surface area contributed by atoms with Gasteiger partial charge in [-0.1, -0.05) is 37.5 Å². The third-order valence-electron chi connectivity index (χ3n) is 7.42. The number of thiophene rings is 1. The number of likely N-dealkylation sites (N-methyl/N-ethyl adjacent to an activating group) is 1. The molecule has 0 radical (unpaired) electrons. The molecule has 0 unspecified atom stereocenters. The summed E-state index contributed by atoms with van der Waals surface area (Å²) in [6, 6.07) is 12.6. The van der Waals surface area contributed by atoms with Gasteiger partial charge in [0.2, 0.25) is 10.0 Å². The maximum atomic E-state index is 15.6. The highest BCUT2D eigenvalue weighted by molar-refractivity contribution is 7.89. The number of anilines is 2. The normalized spacial score (nSPS) is 20.3. The summed E-state index contributed by atoms with van der Waals surface area (Å²) in [5.74, 6) is -2.23. The average Bonchev–Trinajstić information content (AvgIpc) is 3.27.